The van der Waals surface area contributed by atoms with Crippen LogP contribution in [0.4, 0.5) is 24.5 Å². The highest BCUT2D eigenvalue weighted by Crippen LogP contribution is 2.35. The van der Waals surface area contributed by atoms with Gasteiger partial charge in [-0.25, -0.2) is 0 Å². The van der Waals surface area contributed by atoms with Crippen molar-refractivity contribution in [1.29, 1.82) is 0 Å². The Kier molecular flexibility index (Phi) is 6.76. The number of likely N-dealkylation sites (tertiary alicyclic amines) is 1. The molecule has 0 radical (unpaired) electrons. The standard InChI is InChI=1S/C19H23F3N6O3/c1-2-26-12-24-25-18(26)13-6-9-27(10-7-13)17(29)5-8-23-15-4-3-14(19(20,21)22)11-16(15)28(30)31/h3-4,11-13,23H,2,5-10H2,1H3. The largest absolute Gasteiger partial charge is 0.416 e. The first-order valence-electron chi connectivity index (χ1n) is 9.95. The lowest BCUT2D eigenvalue weighted by atomic mass is 9.95. The van der Waals surface area contributed by atoms with Crippen LogP contribution in [0.25, 0.3) is 0 Å². The molecule has 1 N–H and O–H groups in total. The number of halogens is 3. The quantitative estimate of drug-likeness (QED) is 0.522. The highest BCUT2D eigenvalue weighted by molar-refractivity contribution is 5.77. The number of nitro benzene ring substituents is 1. The number of benzene rings is 1. The summed E-state index contributed by atoms with van der Waals surface area (Å²) < 4.78 is 40.3. The van der Waals surface area contributed by atoms with Crippen LogP contribution in [0, 0.1) is 10.1 Å². The molecule has 1 aromatic carbocycles. The summed E-state index contributed by atoms with van der Waals surface area (Å²) in [7, 11) is 0. The maximum absolute atomic E-state index is 12.8. The van der Waals surface area contributed by atoms with Gasteiger partial charge in [-0.3, -0.25) is 14.9 Å². The van der Waals surface area contributed by atoms with Gasteiger partial charge in [-0.2, -0.15) is 13.2 Å². The predicted octanol–water partition coefficient (Wildman–Crippen LogP) is 3.43. The first-order chi connectivity index (χ1) is 14.7. The normalized spacial score (nSPS) is 15.2. The highest BCUT2D eigenvalue weighted by atomic mass is 19.4. The molecule has 0 bridgehead atoms. The lowest BCUT2D eigenvalue weighted by molar-refractivity contribution is -0.384. The number of nitrogens with one attached hydrogen (secondary N) is 1. The molecule has 0 spiro atoms. The van der Waals surface area contributed by atoms with Crippen molar-refractivity contribution in [2.45, 2.75) is 44.8 Å². The number of carbonyl (C=O) groups is 1. The zero-order valence-corrected chi connectivity index (χ0v) is 16.9. The minimum Gasteiger partial charge on any atom is -0.379 e. The van der Waals surface area contributed by atoms with Crippen LogP contribution in [0.15, 0.2) is 24.5 Å². The van der Waals surface area contributed by atoms with E-state index in [1.165, 1.54) is 0 Å². The van der Waals surface area contributed by atoms with Crippen LogP contribution in [0.1, 0.15) is 43.5 Å². The summed E-state index contributed by atoms with van der Waals surface area (Å²) >= 11 is 0. The van der Waals surface area contributed by atoms with Crippen molar-refractivity contribution >= 4 is 17.3 Å². The maximum Gasteiger partial charge on any atom is 0.416 e. The fourth-order valence-corrected chi connectivity index (χ4v) is 3.68. The molecule has 31 heavy (non-hydrogen) atoms. The van der Waals surface area contributed by atoms with Crippen molar-refractivity contribution < 1.29 is 22.9 Å². The monoisotopic (exact) mass is 440 g/mol. The molecule has 1 aliphatic heterocycles. The van der Waals surface area contributed by atoms with Crippen molar-refractivity contribution in [3.8, 4) is 0 Å². The molecule has 1 aromatic heterocycles. The van der Waals surface area contributed by atoms with E-state index in [0.717, 1.165) is 37.3 Å². The molecule has 168 valence electrons. The number of amides is 1. The van der Waals surface area contributed by atoms with Gasteiger partial charge in [0, 0.05) is 44.6 Å². The Morgan fingerprint density at radius 2 is 2.03 bits per heavy atom. The molecule has 0 aliphatic carbocycles. The molecule has 2 heterocycles. The molecule has 9 nitrogen and oxygen atoms in total. The van der Waals surface area contributed by atoms with Gasteiger partial charge in [0.2, 0.25) is 5.91 Å². The van der Waals surface area contributed by atoms with Gasteiger partial charge in [0.05, 0.1) is 10.5 Å². The van der Waals surface area contributed by atoms with Gasteiger partial charge in [0.15, 0.2) is 0 Å². The Hall–Kier alpha value is -3.18. The third-order valence-electron chi connectivity index (χ3n) is 5.38. The second kappa shape index (κ2) is 9.31. The lowest BCUT2D eigenvalue weighted by Gasteiger charge is -2.31. The molecule has 2 aromatic rings. The summed E-state index contributed by atoms with van der Waals surface area (Å²) in [5.41, 5.74) is -1.82. The van der Waals surface area contributed by atoms with Crippen LogP contribution in [0.3, 0.4) is 0 Å². The first-order valence-corrected chi connectivity index (χ1v) is 9.95. The van der Waals surface area contributed by atoms with E-state index in [-0.39, 0.29) is 30.5 Å². The molecule has 3 rings (SSSR count). The van der Waals surface area contributed by atoms with Crippen molar-refractivity contribution in [3.63, 3.8) is 0 Å². The smallest absolute Gasteiger partial charge is 0.379 e. The van der Waals surface area contributed by atoms with Crippen LogP contribution >= 0.6 is 0 Å². The van der Waals surface area contributed by atoms with Crippen molar-refractivity contribution in [1.82, 2.24) is 19.7 Å². The van der Waals surface area contributed by atoms with E-state index >= 15 is 0 Å². The third-order valence-corrected chi connectivity index (χ3v) is 5.38. The minimum absolute atomic E-state index is 0.0524. The van der Waals surface area contributed by atoms with E-state index in [9.17, 15) is 28.1 Å². The topological polar surface area (TPSA) is 106 Å². The van der Waals surface area contributed by atoms with E-state index in [0.29, 0.717) is 19.2 Å². The fraction of sp³-hybridized carbons (Fsp3) is 0.526. The third kappa shape index (κ3) is 5.30. The van der Waals surface area contributed by atoms with Crippen molar-refractivity contribution in [2.75, 3.05) is 25.0 Å². The predicted molar refractivity (Wildman–Crippen MR) is 105 cm³/mol. The summed E-state index contributed by atoms with van der Waals surface area (Å²) in [5, 5.41) is 22.0. The summed E-state index contributed by atoms with van der Waals surface area (Å²) in [4.78, 5) is 24.5. The van der Waals surface area contributed by atoms with Crippen molar-refractivity contribution in [3.05, 3.63) is 46.0 Å². The molecule has 1 saturated heterocycles. The van der Waals surface area contributed by atoms with Gasteiger partial charge in [-0.15, -0.1) is 10.2 Å². The molecule has 0 unspecified atom stereocenters. The molecule has 12 heteroatoms. The Balaban J connectivity index is 1.52. The number of piperidine rings is 1. The van der Waals surface area contributed by atoms with Crippen LogP contribution in [0.2, 0.25) is 0 Å². The summed E-state index contributed by atoms with van der Waals surface area (Å²) in [6, 6.07) is 2.28. The van der Waals surface area contributed by atoms with Crippen molar-refractivity contribution in [2.24, 2.45) is 0 Å². The van der Waals surface area contributed by atoms with E-state index in [2.05, 4.69) is 15.5 Å². The highest BCUT2D eigenvalue weighted by Gasteiger charge is 2.33. The number of aromatic nitrogens is 3. The molecular formula is C19H23F3N6O3. The number of alkyl halides is 3. The van der Waals surface area contributed by atoms with Gasteiger partial charge >= 0.3 is 6.18 Å². The van der Waals surface area contributed by atoms with Crippen LogP contribution in [0.5, 0.6) is 0 Å². The zero-order valence-electron chi connectivity index (χ0n) is 16.9. The Morgan fingerprint density at radius 3 is 2.65 bits per heavy atom. The lowest BCUT2D eigenvalue weighted by Crippen LogP contribution is -2.39. The number of hydrogen-bond donors (Lipinski definition) is 1. The molecule has 0 atom stereocenters. The summed E-state index contributed by atoms with van der Waals surface area (Å²) in [5.74, 6) is 1.04. The number of hydrogen-bond acceptors (Lipinski definition) is 6. The van der Waals surface area contributed by atoms with E-state index in [1.54, 1.807) is 11.2 Å². The molecule has 1 amide bonds. The number of rotatable bonds is 7. The molecule has 1 aliphatic rings. The van der Waals surface area contributed by atoms with E-state index in [4.69, 9.17) is 0 Å². The van der Waals surface area contributed by atoms with Gasteiger partial charge in [-0.1, -0.05) is 0 Å². The van der Waals surface area contributed by atoms with Crippen LogP contribution in [-0.2, 0) is 17.5 Å². The van der Waals surface area contributed by atoms with Gasteiger partial charge in [0.25, 0.3) is 5.69 Å². The van der Waals surface area contributed by atoms with Crippen LogP contribution < -0.4 is 5.32 Å². The zero-order chi connectivity index (χ0) is 22.6. The number of carbonyl (C=O) groups excluding carboxylic acids is 1. The Labute approximate surface area is 176 Å². The van der Waals surface area contributed by atoms with E-state index in [1.807, 2.05) is 11.5 Å². The van der Waals surface area contributed by atoms with Gasteiger partial charge in [-0.05, 0) is 31.9 Å². The summed E-state index contributed by atoms with van der Waals surface area (Å²) in [6.07, 6.45) is -1.37. The van der Waals surface area contributed by atoms with E-state index < -0.39 is 22.4 Å². The van der Waals surface area contributed by atoms with Gasteiger partial charge in [0.1, 0.15) is 17.8 Å². The average Bonchev–Trinajstić information content (AvgIpc) is 3.22. The average molecular weight is 440 g/mol. The summed E-state index contributed by atoms with van der Waals surface area (Å²) in [6.45, 7) is 4.01. The number of aryl methyl sites for hydroxylation is 1. The Morgan fingerprint density at radius 1 is 1.32 bits per heavy atom. The second-order valence-corrected chi connectivity index (χ2v) is 7.29. The number of nitro groups is 1. The molecular weight excluding hydrogens is 417 g/mol. The number of anilines is 1. The maximum atomic E-state index is 12.8. The SMILES string of the molecule is CCn1cnnc1C1CCN(C(=O)CCNc2ccc(C(F)(F)F)cc2[N+](=O)[O-])CC1. The molecule has 1 fully saturated rings. The molecule has 0 saturated carbocycles. The first kappa shape index (κ1) is 22.5. The fourth-order valence-electron chi connectivity index (χ4n) is 3.68. The minimum atomic E-state index is -4.67. The Bertz CT molecular complexity index is 938. The second-order valence-electron chi connectivity index (χ2n) is 7.29. The van der Waals surface area contributed by atoms with Crippen LogP contribution in [-0.4, -0.2) is 50.1 Å². The number of nitrogens with zero attached hydrogens (tertiary/aromatic N) is 5. The van der Waals surface area contributed by atoms with Gasteiger partial charge < -0.3 is 14.8 Å².